The number of amides is 1. The zero-order chi connectivity index (χ0) is 21.3. The molecule has 3 rings (SSSR count). The molecule has 3 aromatic rings. The SMILES string of the molecule is CCn1c(C(C)N(C)C(=O)c2ccc(C)c([N+](=O)[O-])c2)nc2ccccc2c1=O. The lowest BCUT2D eigenvalue weighted by Crippen LogP contribution is -2.35. The summed E-state index contributed by atoms with van der Waals surface area (Å²) >= 11 is 0. The summed E-state index contributed by atoms with van der Waals surface area (Å²) in [4.78, 5) is 42.6. The molecule has 0 N–H and O–H groups in total. The monoisotopic (exact) mass is 394 g/mol. The Morgan fingerprint density at radius 2 is 1.97 bits per heavy atom. The van der Waals surface area contributed by atoms with Crippen molar-refractivity contribution >= 4 is 22.5 Å². The van der Waals surface area contributed by atoms with E-state index in [1.807, 2.05) is 6.92 Å². The Morgan fingerprint density at radius 3 is 2.62 bits per heavy atom. The molecule has 1 atom stereocenters. The predicted octanol–water partition coefficient (Wildman–Crippen LogP) is 3.47. The number of aromatic nitrogens is 2. The summed E-state index contributed by atoms with van der Waals surface area (Å²) in [6.45, 7) is 5.66. The van der Waals surface area contributed by atoms with Crippen molar-refractivity contribution in [2.45, 2.75) is 33.4 Å². The van der Waals surface area contributed by atoms with E-state index >= 15 is 0 Å². The molecule has 29 heavy (non-hydrogen) atoms. The van der Waals surface area contributed by atoms with Crippen molar-refractivity contribution in [2.75, 3.05) is 7.05 Å². The van der Waals surface area contributed by atoms with Crippen LogP contribution in [-0.2, 0) is 6.54 Å². The van der Waals surface area contributed by atoms with Gasteiger partial charge in [-0.15, -0.1) is 0 Å². The Bertz CT molecular complexity index is 1170. The van der Waals surface area contributed by atoms with Crippen LogP contribution in [0, 0.1) is 17.0 Å². The molecule has 0 saturated carbocycles. The van der Waals surface area contributed by atoms with Crippen LogP contribution in [0.15, 0.2) is 47.3 Å². The molecular formula is C21H22N4O4. The van der Waals surface area contributed by atoms with Gasteiger partial charge in [0, 0.05) is 30.8 Å². The van der Waals surface area contributed by atoms with Crippen LogP contribution in [0.1, 0.15) is 41.6 Å². The molecule has 0 fully saturated rings. The van der Waals surface area contributed by atoms with Gasteiger partial charge in [0.2, 0.25) is 0 Å². The zero-order valence-electron chi connectivity index (χ0n) is 16.7. The minimum Gasteiger partial charge on any atom is -0.332 e. The number of nitro benzene ring substituents is 1. The minimum absolute atomic E-state index is 0.105. The highest BCUT2D eigenvalue weighted by molar-refractivity contribution is 5.95. The van der Waals surface area contributed by atoms with Gasteiger partial charge in [-0.25, -0.2) is 4.98 Å². The number of nitrogens with zero attached hydrogens (tertiary/aromatic N) is 4. The van der Waals surface area contributed by atoms with Crippen LogP contribution in [0.2, 0.25) is 0 Å². The molecule has 8 nitrogen and oxygen atoms in total. The number of benzene rings is 2. The van der Waals surface area contributed by atoms with Gasteiger partial charge in [0.1, 0.15) is 5.82 Å². The third kappa shape index (κ3) is 3.61. The summed E-state index contributed by atoms with van der Waals surface area (Å²) in [5, 5.41) is 11.7. The van der Waals surface area contributed by atoms with Gasteiger partial charge in [-0.1, -0.05) is 18.2 Å². The van der Waals surface area contributed by atoms with E-state index in [9.17, 15) is 19.7 Å². The molecule has 1 heterocycles. The highest BCUT2D eigenvalue weighted by Crippen LogP contribution is 2.24. The number of aryl methyl sites for hydroxylation is 1. The van der Waals surface area contributed by atoms with Crippen LogP contribution in [-0.4, -0.2) is 32.3 Å². The first-order valence-corrected chi connectivity index (χ1v) is 9.28. The third-order valence-corrected chi connectivity index (χ3v) is 5.14. The molecule has 1 aromatic heterocycles. The smallest absolute Gasteiger partial charge is 0.273 e. The molecule has 150 valence electrons. The highest BCUT2D eigenvalue weighted by atomic mass is 16.6. The summed E-state index contributed by atoms with van der Waals surface area (Å²) in [7, 11) is 1.60. The van der Waals surface area contributed by atoms with E-state index in [1.54, 1.807) is 61.9 Å². The van der Waals surface area contributed by atoms with Gasteiger partial charge < -0.3 is 4.90 Å². The average Bonchev–Trinajstić information content (AvgIpc) is 2.72. The topological polar surface area (TPSA) is 98.3 Å². The molecule has 0 radical (unpaired) electrons. The van der Waals surface area contributed by atoms with E-state index < -0.39 is 11.0 Å². The third-order valence-electron chi connectivity index (χ3n) is 5.14. The summed E-state index contributed by atoms with van der Waals surface area (Å²) in [6, 6.07) is 11.0. The number of carbonyl (C=O) groups excluding carboxylic acids is 1. The lowest BCUT2D eigenvalue weighted by Gasteiger charge is -2.26. The second-order valence-electron chi connectivity index (χ2n) is 6.89. The van der Waals surface area contributed by atoms with Crippen molar-refractivity contribution in [1.29, 1.82) is 0 Å². The van der Waals surface area contributed by atoms with Crippen molar-refractivity contribution in [3.8, 4) is 0 Å². The quantitative estimate of drug-likeness (QED) is 0.487. The maximum absolute atomic E-state index is 13.0. The van der Waals surface area contributed by atoms with Crippen molar-refractivity contribution in [3.63, 3.8) is 0 Å². The van der Waals surface area contributed by atoms with Gasteiger partial charge in [-0.2, -0.15) is 0 Å². The Morgan fingerprint density at radius 1 is 1.28 bits per heavy atom. The van der Waals surface area contributed by atoms with Gasteiger partial charge in [0.25, 0.3) is 17.2 Å². The van der Waals surface area contributed by atoms with Crippen molar-refractivity contribution in [2.24, 2.45) is 0 Å². The highest BCUT2D eigenvalue weighted by Gasteiger charge is 2.25. The summed E-state index contributed by atoms with van der Waals surface area (Å²) in [5.74, 6) is 0.0827. The molecule has 1 unspecified atom stereocenters. The largest absolute Gasteiger partial charge is 0.332 e. The van der Waals surface area contributed by atoms with Crippen LogP contribution < -0.4 is 5.56 Å². The maximum atomic E-state index is 13.0. The van der Waals surface area contributed by atoms with E-state index in [0.717, 1.165) is 0 Å². The molecule has 0 aliphatic carbocycles. The van der Waals surface area contributed by atoms with Crippen LogP contribution in [0.4, 0.5) is 5.69 Å². The molecule has 0 spiro atoms. The van der Waals surface area contributed by atoms with E-state index in [2.05, 4.69) is 4.98 Å². The predicted molar refractivity (Wildman–Crippen MR) is 110 cm³/mol. The number of hydrogen-bond acceptors (Lipinski definition) is 5. The molecule has 1 amide bonds. The van der Waals surface area contributed by atoms with E-state index in [4.69, 9.17) is 0 Å². The van der Waals surface area contributed by atoms with Crippen molar-refractivity contribution in [1.82, 2.24) is 14.5 Å². The second kappa shape index (κ2) is 7.83. The zero-order valence-corrected chi connectivity index (χ0v) is 16.7. The Labute approximate surface area is 167 Å². The number of carbonyl (C=O) groups is 1. The lowest BCUT2D eigenvalue weighted by molar-refractivity contribution is -0.385. The van der Waals surface area contributed by atoms with E-state index in [1.165, 1.54) is 11.0 Å². The fourth-order valence-corrected chi connectivity index (χ4v) is 3.30. The number of hydrogen-bond donors (Lipinski definition) is 0. The first kappa shape index (κ1) is 20.2. The van der Waals surface area contributed by atoms with Gasteiger partial charge in [0.05, 0.1) is 21.9 Å². The van der Waals surface area contributed by atoms with Crippen molar-refractivity contribution < 1.29 is 9.72 Å². The van der Waals surface area contributed by atoms with Crippen LogP contribution in [0.5, 0.6) is 0 Å². The van der Waals surface area contributed by atoms with E-state index in [-0.39, 0.29) is 22.7 Å². The van der Waals surface area contributed by atoms with Gasteiger partial charge in [-0.3, -0.25) is 24.3 Å². The van der Waals surface area contributed by atoms with Gasteiger partial charge in [0.15, 0.2) is 0 Å². The first-order chi connectivity index (χ1) is 13.8. The molecule has 0 aliphatic heterocycles. The van der Waals surface area contributed by atoms with Gasteiger partial charge in [-0.05, 0) is 39.0 Å². The number of nitro groups is 1. The summed E-state index contributed by atoms with van der Waals surface area (Å²) < 4.78 is 1.55. The summed E-state index contributed by atoms with van der Waals surface area (Å²) in [6.07, 6.45) is 0. The second-order valence-corrected chi connectivity index (χ2v) is 6.89. The van der Waals surface area contributed by atoms with Crippen molar-refractivity contribution in [3.05, 3.63) is 79.9 Å². The van der Waals surface area contributed by atoms with Crippen LogP contribution >= 0.6 is 0 Å². The fraction of sp³-hybridized carbons (Fsp3) is 0.286. The molecule has 8 heteroatoms. The number of para-hydroxylation sites is 1. The fourth-order valence-electron chi connectivity index (χ4n) is 3.30. The summed E-state index contributed by atoms with van der Waals surface area (Å²) in [5.41, 5.74) is 0.995. The van der Waals surface area contributed by atoms with E-state index in [0.29, 0.717) is 28.8 Å². The molecule has 0 bridgehead atoms. The Balaban J connectivity index is 2.03. The number of fused-ring (bicyclic) bond motifs is 1. The Kier molecular flexibility index (Phi) is 5.45. The van der Waals surface area contributed by atoms with Crippen LogP contribution in [0.3, 0.4) is 0 Å². The average molecular weight is 394 g/mol. The number of rotatable bonds is 5. The lowest BCUT2D eigenvalue weighted by atomic mass is 10.1. The molecule has 0 saturated heterocycles. The first-order valence-electron chi connectivity index (χ1n) is 9.28. The maximum Gasteiger partial charge on any atom is 0.273 e. The Hall–Kier alpha value is -3.55. The normalized spacial score (nSPS) is 12.0. The van der Waals surface area contributed by atoms with Gasteiger partial charge >= 0.3 is 0 Å². The molecule has 2 aromatic carbocycles. The molecule has 0 aliphatic rings. The van der Waals surface area contributed by atoms with Crippen LogP contribution in [0.25, 0.3) is 10.9 Å². The minimum atomic E-state index is -0.514. The standard InChI is InChI=1S/C21H22N4O4/c1-5-24-19(22-17-9-7-6-8-16(17)21(24)27)14(3)23(4)20(26)15-11-10-13(2)18(12-15)25(28)29/h6-12,14H,5H2,1-4H3. The molecular weight excluding hydrogens is 372 g/mol.